The summed E-state index contributed by atoms with van der Waals surface area (Å²) < 4.78 is 36.8. The number of hydrogen-bond acceptors (Lipinski definition) is 6. The molecule has 0 aromatic carbocycles. The zero-order valence-corrected chi connectivity index (χ0v) is 13.2. The number of morpholine rings is 1. The number of carbonyl (C=O) groups excluding carboxylic acids is 1. The Hall–Kier alpha value is -0.960. The van der Waals surface area contributed by atoms with E-state index >= 15 is 0 Å². The monoisotopic (exact) mass is 319 g/mol. The van der Waals surface area contributed by atoms with Gasteiger partial charge in [-0.25, -0.2) is 13.2 Å². The Bertz CT molecular complexity index is 585. The van der Waals surface area contributed by atoms with Gasteiger partial charge in [0.1, 0.15) is 9.77 Å². The number of carbonyl (C=O) groups is 1. The summed E-state index contributed by atoms with van der Waals surface area (Å²) in [4.78, 5) is 11.8. The number of nitrogens with zero attached hydrogens (tertiary/aromatic N) is 1. The van der Waals surface area contributed by atoms with Gasteiger partial charge in [0.2, 0.25) is 10.0 Å². The normalized spacial score (nSPS) is 24.6. The second-order valence-electron chi connectivity index (χ2n) is 4.68. The van der Waals surface area contributed by atoms with Crippen molar-refractivity contribution in [1.82, 2.24) is 4.31 Å². The molecule has 112 valence electrons. The van der Waals surface area contributed by atoms with Gasteiger partial charge in [-0.05, 0) is 25.3 Å². The molecule has 0 amide bonds. The van der Waals surface area contributed by atoms with Crippen molar-refractivity contribution in [2.45, 2.75) is 31.0 Å². The van der Waals surface area contributed by atoms with E-state index in [0.29, 0.717) is 0 Å². The van der Waals surface area contributed by atoms with Crippen LogP contribution in [0.25, 0.3) is 0 Å². The van der Waals surface area contributed by atoms with E-state index in [1.165, 1.54) is 17.5 Å². The zero-order valence-electron chi connectivity index (χ0n) is 11.5. The Labute approximate surface area is 122 Å². The van der Waals surface area contributed by atoms with E-state index in [0.717, 1.165) is 11.3 Å². The third-order valence-corrected chi connectivity index (χ3v) is 5.90. The van der Waals surface area contributed by atoms with Gasteiger partial charge in [0.25, 0.3) is 0 Å². The van der Waals surface area contributed by atoms with Crippen molar-refractivity contribution >= 4 is 27.3 Å². The maximum atomic E-state index is 12.6. The first-order valence-corrected chi connectivity index (χ1v) is 8.49. The van der Waals surface area contributed by atoms with Crippen LogP contribution in [-0.4, -0.2) is 51.1 Å². The second kappa shape index (κ2) is 5.80. The fourth-order valence-electron chi connectivity index (χ4n) is 2.21. The van der Waals surface area contributed by atoms with E-state index < -0.39 is 16.0 Å². The standard InChI is InChI=1S/C12H17NO5S2/c1-8-6-13(7-9(2)18-8)20(15,16)10-4-5-19-11(10)12(14)17-3/h4-5,8-9H,6-7H2,1-3H3/t8-,9+. The smallest absolute Gasteiger partial charge is 0.349 e. The Kier molecular flexibility index (Phi) is 4.48. The lowest BCUT2D eigenvalue weighted by Crippen LogP contribution is -2.48. The largest absolute Gasteiger partial charge is 0.465 e. The molecule has 1 aliphatic heterocycles. The minimum Gasteiger partial charge on any atom is -0.465 e. The molecule has 20 heavy (non-hydrogen) atoms. The average molecular weight is 319 g/mol. The van der Waals surface area contributed by atoms with Crippen molar-refractivity contribution in [3.63, 3.8) is 0 Å². The Balaban J connectivity index is 2.36. The van der Waals surface area contributed by atoms with Crippen LogP contribution in [0.4, 0.5) is 0 Å². The summed E-state index contributed by atoms with van der Waals surface area (Å²) in [5.41, 5.74) is 0. The van der Waals surface area contributed by atoms with Gasteiger partial charge in [0, 0.05) is 13.1 Å². The van der Waals surface area contributed by atoms with Crippen molar-refractivity contribution in [3.8, 4) is 0 Å². The fourth-order valence-corrected chi connectivity index (χ4v) is 5.11. The van der Waals surface area contributed by atoms with Crippen molar-refractivity contribution < 1.29 is 22.7 Å². The number of sulfonamides is 1. The summed E-state index contributed by atoms with van der Waals surface area (Å²) in [5, 5.41) is 1.58. The summed E-state index contributed by atoms with van der Waals surface area (Å²) in [5.74, 6) is -0.632. The summed E-state index contributed by atoms with van der Waals surface area (Å²) in [7, 11) is -2.47. The summed E-state index contributed by atoms with van der Waals surface area (Å²) >= 11 is 1.06. The van der Waals surface area contributed by atoms with Crippen LogP contribution >= 0.6 is 11.3 Å². The van der Waals surface area contributed by atoms with Gasteiger partial charge < -0.3 is 9.47 Å². The first-order valence-electron chi connectivity index (χ1n) is 6.17. The van der Waals surface area contributed by atoms with Crippen molar-refractivity contribution in [2.24, 2.45) is 0 Å². The Morgan fingerprint density at radius 3 is 2.55 bits per heavy atom. The first-order chi connectivity index (χ1) is 9.36. The SMILES string of the molecule is COC(=O)c1sccc1S(=O)(=O)N1C[C@@H](C)O[C@@H](C)C1. The molecule has 0 radical (unpaired) electrons. The van der Waals surface area contributed by atoms with Gasteiger partial charge in [-0.2, -0.15) is 4.31 Å². The summed E-state index contributed by atoms with van der Waals surface area (Å²) in [6.07, 6.45) is -0.345. The highest BCUT2D eigenvalue weighted by atomic mass is 32.2. The molecule has 6 nitrogen and oxygen atoms in total. The molecule has 1 aromatic rings. The molecular formula is C12H17NO5S2. The predicted molar refractivity (Wildman–Crippen MR) is 74.4 cm³/mol. The molecule has 8 heteroatoms. The van der Waals surface area contributed by atoms with Crippen LogP contribution in [0.1, 0.15) is 23.5 Å². The van der Waals surface area contributed by atoms with E-state index in [4.69, 9.17) is 4.74 Å². The fraction of sp³-hybridized carbons (Fsp3) is 0.583. The van der Waals surface area contributed by atoms with Crippen molar-refractivity contribution in [1.29, 1.82) is 0 Å². The van der Waals surface area contributed by atoms with Crippen LogP contribution in [0, 0.1) is 0 Å². The molecule has 0 spiro atoms. The van der Waals surface area contributed by atoms with Gasteiger partial charge in [0.05, 0.1) is 19.3 Å². The number of methoxy groups -OCH3 is 1. The maximum absolute atomic E-state index is 12.6. The summed E-state index contributed by atoms with van der Waals surface area (Å²) in [6.45, 7) is 4.21. The lowest BCUT2D eigenvalue weighted by Gasteiger charge is -2.34. The maximum Gasteiger partial charge on any atom is 0.349 e. The quantitative estimate of drug-likeness (QED) is 0.786. The predicted octanol–water partition coefficient (Wildman–Crippen LogP) is 1.33. The topological polar surface area (TPSA) is 72.9 Å². The van der Waals surface area contributed by atoms with Crippen LogP contribution in [0.3, 0.4) is 0 Å². The molecule has 1 saturated heterocycles. The van der Waals surface area contributed by atoms with Gasteiger partial charge in [-0.3, -0.25) is 0 Å². The molecule has 2 rings (SSSR count). The van der Waals surface area contributed by atoms with Crippen LogP contribution in [0.5, 0.6) is 0 Å². The molecule has 0 bridgehead atoms. The number of esters is 1. The molecule has 0 unspecified atom stereocenters. The third kappa shape index (κ3) is 2.88. The lowest BCUT2D eigenvalue weighted by molar-refractivity contribution is -0.0440. The molecule has 0 aliphatic carbocycles. The molecular weight excluding hydrogens is 302 g/mol. The van der Waals surface area contributed by atoms with Crippen LogP contribution in [-0.2, 0) is 19.5 Å². The van der Waals surface area contributed by atoms with Gasteiger partial charge in [-0.1, -0.05) is 0 Å². The highest BCUT2D eigenvalue weighted by Crippen LogP contribution is 2.27. The molecule has 2 atom stereocenters. The molecule has 1 aromatic heterocycles. The molecule has 0 saturated carbocycles. The minimum absolute atomic E-state index is 0.00986. The lowest BCUT2D eigenvalue weighted by atomic mass is 10.3. The minimum atomic E-state index is -3.71. The third-order valence-electron chi connectivity index (χ3n) is 3.00. The zero-order chi connectivity index (χ0) is 14.9. The molecule has 1 aliphatic rings. The number of rotatable bonds is 3. The molecule has 0 N–H and O–H groups in total. The summed E-state index contributed by atoms with van der Waals surface area (Å²) in [6, 6.07) is 1.44. The molecule has 2 heterocycles. The van der Waals surface area contributed by atoms with E-state index in [-0.39, 0.29) is 35.1 Å². The Morgan fingerprint density at radius 2 is 2.00 bits per heavy atom. The second-order valence-corrected chi connectivity index (χ2v) is 7.51. The molecule has 1 fully saturated rings. The van der Waals surface area contributed by atoms with E-state index in [9.17, 15) is 13.2 Å². The van der Waals surface area contributed by atoms with Gasteiger partial charge in [0.15, 0.2) is 0 Å². The number of hydrogen-bond donors (Lipinski definition) is 0. The first kappa shape index (κ1) is 15.4. The Morgan fingerprint density at radius 1 is 1.40 bits per heavy atom. The highest BCUT2D eigenvalue weighted by molar-refractivity contribution is 7.89. The number of ether oxygens (including phenoxy) is 2. The van der Waals surface area contributed by atoms with Crippen molar-refractivity contribution in [2.75, 3.05) is 20.2 Å². The van der Waals surface area contributed by atoms with Crippen molar-refractivity contribution in [3.05, 3.63) is 16.3 Å². The van der Waals surface area contributed by atoms with Crippen LogP contribution < -0.4 is 0 Å². The van der Waals surface area contributed by atoms with Crippen LogP contribution in [0.15, 0.2) is 16.3 Å². The van der Waals surface area contributed by atoms with Gasteiger partial charge >= 0.3 is 5.97 Å². The van der Waals surface area contributed by atoms with E-state index in [1.54, 1.807) is 5.38 Å². The average Bonchev–Trinajstić information content (AvgIpc) is 2.86. The highest BCUT2D eigenvalue weighted by Gasteiger charge is 2.35. The number of thiophene rings is 1. The van der Waals surface area contributed by atoms with Crippen LogP contribution in [0.2, 0.25) is 0 Å². The van der Waals surface area contributed by atoms with E-state index in [1.807, 2.05) is 13.8 Å². The van der Waals surface area contributed by atoms with E-state index in [2.05, 4.69) is 4.74 Å². The van der Waals surface area contributed by atoms with Gasteiger partial charge in [-0.15, -0.1) is 11.3 Å².